The Balaban J connectivity index is 2.19. The van der Waals surface area contributed by atoms with E-state index < -0.39 is 0 Å². The molecule has 0 aromatic carbocycles. The molecule has 1 rings (SSSR count). The van der Waals surface area contributed by atoms with Gasteiger partial charge >= 0.3 is 83.5 Å². The molecule has 0 saturated heterocycles. The summed E-state index contributed by atoms with van der Waals surface area (Å²) in [6, 6.07) is 3.82. The van der Waals surface area contributed by atoms with Crippen LogP contribution in [0.3, 0.4) is 0 Å². The van der Waals surface area contributed by atoms with Crippen LogP contribution in [0.4, 0.5) is 0 Å². The first-order valence-corrected chi connectivity index (χ1v) is 6.00. The molecule has 1 N–H and O–H groups in total. The van der Waals surface area contributed by atoms with Gasteiger partial charge in [0.25, 0.3) is 0 Å². The molecular formula is C9H13NO2Se. The van der Waals surface area contributed by atoms with Crippen LogP contribution in [0.5, 0.6) is 0 Å². The average molecular weight is 246 g/mol. The van der Waals surface area contributed by atoms with Crippen molar-refractivity contribution in [3.63, 3.8) is 0 Å². The predicted molar refractivity (Wildman–Crippen MR) is 52.2 cm³/mol. The van der Waals surface area contributed by atoms with E-state index in [1.807, 2.05) is 17.1 Å². The molecule has 72 valence electrons. The molecular weight excluding hydrogens is 233 g/mol. The third-order valence-electron chi connectivity index (χ3n) is 1.56. The Bertz CT molecular complexity index is 246. The first-order chi connectivity index (χ1) is 6.34. The fraction of sp³-hybridized carbons (Fsp3) is 0.444. The van der Waals surface area contributed by atoms with E-state index in [-0.39, 0.29) is 20.4 Å². The summed E-state index contributed by atoms with van der Waals surface area (Å²) in [4.78, 5) is 13.4. The summed E-state index contributed by atoms with van der Waals surface area (Å²) in [7, 11) is 1.66. The fourth-order valence-corrected chi connectivity index (χ4v) is 2.26. The van der Waals surface area contributed by atoms with Crippen molar-refractivity contribution in [3.05, 3.63) is 21.5 Å². The molecule has 0 spiro atoms. The minimum absolute atomic E-state index is 0.0705. The van der Waals surface area contributed by atoms with Crippen molar-refractivity contribution in [1.29, 1.82) is 0 Å². The van der Waals surface area contributed by atoms with E-state index in [1.165, 1.54) is 0 Å². The van der Waals surface area contributed by atoms with E-state index in [1.54, 1.807) is 7.11 Å². The summed E-state index contributed by atoms with van der Waals surface area (Å²) in [5.74, 6) is 0.0705. The monoisotopic (exact) mass is 247 g/mol. The fourth-order valence-electron chi connectivity index (χ4n) is 0.913. The molecule has 0 aliphatic carbocycles. The van der Waals surface area contributed by atoms with Gasteiger partial charge in [0, 0.05) is 0 Å². The Morgan fingerprint density at radius 2 is 2.54 bits per heavy atom. The van der Waals surface area contributed by atoms with Crippen LogP contribution in [0.1, 0.15) is 15.7 Å². The topological polar surface area (TPSA) is 38.3 Å². The summed E-state index contributed by atoms with van der Waals surface area (Å²) in [5.41, 5.74) is 0. The number of ether oxygens (including phenoxy) is 1. The maximum absolute atomic E-state index is 11.4. The van der Waals surface area contributed by atoms with Gasteiger partial charge in [-0.25, -0.2) is 0 Å². The zero-order valence-electron chi connectivity index (χ0n) is 7.58. The van der Waals surface area contributed by atoms with Crippen LogP contribution in [0, 0.1) is 0 Å². The molecule has 0 bridgehead atoms. The van der Waals surface area contributed by atoms with E-state index in [4.69, 9.17) is 4.74 Å². The molecule has 1 aromatic rings. The van der Waals surface area contributed by atoms with Gasteiger partial charge in [0.1, 0.15) is 0 Å². The maximum atomic E-state index is 11.4. The summed E-state index contributed by atoms with van der Waals surface area (Å²) in [6.45, 7) is 1.39. The molecule has 0 aliphatic heterocycles. The van der Waals surface area contributed by atoms with Crippen LogP contribution < -0.4 is 5.32 Å². The van der Waals surface area contributed by atoms with E-state index in [0.717, 1.165) is 10.9 Å². The standard InChI is InChI=1S/C9H13NO2Se/c1-12-6-3-5-10-9(11)8-4-2-7-13-8/h2,4,7H,3,5-6H2,1H3,(H,10,11). The number of rotatable bonds is 5. The molecule has 0 saturated carbocycles. The average Bonchev–Trinajstić information content (AvgIpc) is 2.65. The van der Waals surface area contributed by atoms with Crippen LogP contribution in [0.25, 0.3) is 0 Å². The van der Waals surface area contributed by atoms with Crippen LogP contribution in [0.2, 0.25) is 0 Å². The van der Waals surface area contributed by atoms with E-state index in [9.17, 15) is 4.79 Å². The van der Waals surface area contributed by atoms with Crippen LogP contribution in [0.15, 0.2) is 17.1 Å². The van der Waals surface area contributed by atoms with Crippen LogP contribution in [-0.2, 0) is 4.74 Å². The number of carbonyl (C=O) groups is 1. The first-order valence-electron chi connectivity index (χ1n) is 4.15. The van der Waals surface area contributed by atoms with Crippen molar-refractivity contribution in [2.24, 2.45) is 0 Å². The first kappa shape index (κ1) is 10.5. The minimum atomic E-state index is 0.0705. The van der Waals surface area contributed by atoms with Crippen molar-refractivity contribution in [1.82, 2.24) is 5.32 Å². The quantitative estimate of drug-likeness (QED) is 0.607. The number of amides is 1. The third kappa shape index (κ3) is 3.76. The van der Waals surface area contributed by atoms with Crippen molar-refractivity contribution >= 4 is 20.4 Å². The number of nitrogens with one attached hydrogen (secondary N) is 1. The molecule has 4 heteroatoms. The van der Waals surface area contributed by atoms with E-state index in [2.05, 4.69) is 5.32 Å². The Morgan fingerprint density at radius 1 is 1.69 bits per heavy atom. The number of hydrogen-bond acceptors (Lipinski definition) is 2. The molecule has 1 amide bonds. The Kier molecular flexibility index (Phi) is 4.83. The second kappa shape index (κ2) is 5.97. The van der Waals surface area contributed by atoms with Crippen molar-refractivity contribution in [3.8, 4) is 0 Å². The SMILES string of the molecule is COCCCNC(=O)c1ccc[se]1. The number of methoxy groups -OCH3 is 1. The molecule has 0 aliphatic rings. The Morgan fingerprint density at radius 3 is 3.15 bits per heavy atom. The van der Waals surface area contributed by atoms with Crippen molar-refractivity contribution in [2.75, 3.05) is 20.3 Å². The summed E-state index contributed by atoms with van der Waals surface area (Å²) >= 11 is 0.241. The molecule has 0 unspecified atom stereocenters. The molecule has 13 heavy (non-hydrogen) atoms. The zero-order chi connectivity index (χ0) is 9.52. The molecule has 0 radical (unpaired) electrons. The normalized spacial score (nSPS) is 9.92. The third-order valence-corrected chi connectivity index (χ3v) is 3.38. The summed E-state index contributed by atoms with van der Waals surface area (Å²) < 4.78 is 5.78. The van der Waals surface area contributed by atoms with Gasteiger partial charge in [-0.3, -0.25) is 0 Å². The van der Waals surface area contributed by atoms with Crippen LogP contribution >= 0.6 is 0 Å². The zero-order valence-corrected chi connectivity index (χ0v) is 9.29. The van der Waals surface area contributed by atoms with Gasteiger partial charge in [0.15, 0.2) is 0 Å². The number of carbonyl (C=O) groups excluding carboxylic acids is 1. The van der Waals surface area contributed by atoms with Gasteiger partial charge in [-0.1, -0.05) is 0 Å². The molecule has 3 nitrogen and oxygen atoms in total. The van der Waals surface area contributed by atoms with Gasteiger partial charge in [0.2, 0.25) is 0 Å². The van der Waals surface area contributed by atoms with Gasteiger partial charge in [-0.2, -0.15) is 0 Å². The molecule has 0 atom stereocenters. The Labute approximate surface area is 83.8 Å². The predicted octanol–water partition coefficient (Wildman–Crippen LogP) is 0.510. The van der Waals surface area contributed by atoms with Crippen molar-refractivity contribution < 1.29 is 9.53 Å². The number of hydrogen-bond donors (Lipinski definition) is 1. The van der Waals surface area contributed by atoms with Gasteiger partial charge in [-0.05, 0) is 0 Å². The van der Waals surface area contributed by atoms with Gasteiger partial charge < -0.3 is 0 Å². The van der Waals surface area contributed by atoms with E-state index in [0.29, 0.717) is 13.2 Å². The van der Waals surface area contributed by atoms with Gasteiger partial charge in [-0.15, -0.1) is 0 Å². The Hall–Kier alpha value is -0.571. The van der Waals surface area contributed by atoms with Crippen LogP contribution in [-0.4, -0.2) is 40.7 Å². The summed E-state index contributed by atoms with van der Waals surface area (Å²) in [5, 5.41) is 2.85. The summed E-state index contributed by atoms with van der Waals surface area (Å²) in [6.07, 6.45) is 0.871. The molecule has 1 heterocycles. The molecule has 1 aromatic heterocycles. The van der Waals surface area contributed by atoms with Crippen molar-refractivity contribution in [2.45, 2.75) is 6.42 Å². The second-order valence-electron chi connectivity index (χ2n) is 2.58. The second-order valence-corrected chi connectivity index (χ2v) is 4.57. The van der Waals surface area contributed by atoms with Gasteiger partial charge in [0.05, 0.1) is 0 Å². The molecule has 0 fully saturated rings. The van der Waals surface area contributed by atoms with E-state index >= 15 is 0 Å².